The molecule has 112 valence electrons. The van der Waals surface area contributed by atoms with Gasteiger partial charge in [-0.15, -0.1) is 0 Å². The molecule has 0 saturated carbocycles. The predicted molar refractivity (Wildman–Crippen MR) is 79.8 cm³/mol. The maximum Gasteiger partial charge on any atom is 0.232 e. The molecule has 2 aromatic rings. The van der Waals surface area contributed by atoms with E-state index in [9.17, 15) is 13.2 Å². The van der Waals surface area contributed by atoms with Gasteiger partial charge in [0.25, 0.3) is 0 Å². The van der Waals surface area contributed by atoms with Crippen LogP contribution in [0.3, 0.4) is 0 Å². The highest BCUT2D eigenvalue weighted by Gasteiger charge is 2.17. The Morgan fingerprint density at radius 3 is 2.33 bits per heavy atom. The van der Waals surface area contributed by atoms with Crippen LogP contribution < -0.4 is 5.32 Å². The monoisotopic (exact) mass is 307 g/mol. The summed E-state index contributed by atoms with van der Waals surface area (Å²) < 4.78 is 24.4. The van der Waals surface area contributed by atoms with Gasteiger partial charge in [0.05, 0.1) is 10.8 Å². The minimum Gasteiger partial charge on any atom is -0.309 e. The number of rotatable bonds is 4. The molecule has 1 amide bonds. The third-order valence-corrected chi connectivity index (χ3v) is 4.29. The molecule has 0 saturated heterocycles. The molecule has 6 nitrogen and oxygen atoms in total. The van der Waals surface area contributed by atoms with Crippen molar-refractivity contribution < 1.29 is 13.2 Å². The molecule has 0 radical (unpaired) electrons. The Labute approximate surface area is 123 Å². The molecule has 1 unspecified atom stereocenters. The van der Waals surface area contributed by atoms with E-state index in [0.717, 1.165) is 11.8 Å². The van der Waals surface area contributed by atoms with Crippen molar-refractivity contribution in [2.24, 2.45) is 7.05 Å². The fourth-order valence-corrected chi connectivity index (χ4v) is 2.50. The van der Waals surface area contributed by atoms with E-state index in [1.807, 2.05) is 0 Å². The summed E-state index contributed by atoms with van der Waals surface area (Å²) in [7, 11) is -1.46. The Hall–Kier alpha value is -2.15. The first-order valence-electron chi connectivity index (χ1n) is 6.38. The number of nitrogens with zero attached hydrogens (tertiary/aromatic N) is 2. The lowest BCUT2D eigenvalue weighted by Crippen LogP contribution is -2.19. The molecule has 2 rings (SSSR count). The van der Waals surface area contributed by atoms with Gasteiger partial charge in [-0.25, -0.2) is 8.42 Å². The number of carbonyl (C=O) groups is 1. The number of aromatic nitrogens is 2. The van der Waals surface area contributed by atoms with Crippen LogP contribution in [0.1, 0.15) is 18.4 Å². The van der Waals surface area contributed by atoms with Gasteiger partial charge in [0, 0.05) is 25.6 Å². The van der Waals surface area contributed by atoms with E-state index >= 15 is 0 Å². The molecule has 1 aromatic heterocycles. The zero-order valence-electron chi connectivity index (χ0n) is 12.1. The summed E-state index contributed by atoms with van der Waals surface area (Å²) in [4.78, 5) is 12.4. The Bertz CT molecular complexity index is 748. The Morgan fingerprint density at radius 2 is 1.86 bits per heavy atom. The first-order valence-corrected chi connectivity index (χ1v) is 8.27. The van der Waals surface area contributed by atoms with Gasteiger partial charge in [-0.1, -0.05) is 12.1 Å². The third kappa shape index (κ3) is 3.69. The average Bonchev–Trinajstić information content (AvgIpc) is 2.82. The number of anilines is 1. The van der Waals surface area contributed by atoms with E-state index in [0.29, 0.717) is 5.82 Å². The first kappa shape index (κ1) is 15.2. The molecule has 1 heterocycles. The number of amides is 1. The summed E-state index contributed by atoms with van der Waals surface area (Å²) in [5, 5.41) is 6.80. The second-order valence-electron chi connectivity index (χ2n) is 4.93. The second-order valence-corrected chi connectivity index (χ2v) is 6.94. The molecular weight excluding hydrogens is 290 g/mol. The molecule has 0 aliphatic carbocycles. The average molecular weight is 307 g/mol. The smallest absolute Gasteiger partial charge is 0.232 e. The van der Waals surface area contributed by atoms with Crippen LogP contribution in [0.2, 0.25) is 0 Å². The number of hydrogen-bond acceptors (Lipinski definition) is 4. The van der Waals surface area contributed by atoms with E-state index in [1.165, 1.54) is 12.1 Å². The quantitative estimate of drug-likeness (QED) is 0.929. The van der Waals surface area contributed by atoms with Gasteiger partial charge in [-0.05, 0) is 24.6 Å². The van der Waals surface area contributed by atoms with Gasteiger partial charge in [0.2, 0.25) is 5.91 Å². The fourth-order valence-electron chi connectivity index (χ4n) is 1.87. The summed E-state index contributed by atoms with van der Waals surface area (Å²) in [5.41, 5.74) is 0.746. The zero-order chi connectivity index (χ0) is 15.6. The summed E-state index contributed by atoms with van der Waals surface area (Å²) in [6, 6.07) is 8.03. The van der Waals surface area contributed by atoms with Crippen molar-refractivity contribution in [2.45, 2.75) is 17.7 Å². The van der Waals surface area contributed by atoms with Crippen LogP contribution in [-0.2, 0) is 21.7 Å². The topological polar surface area (TPSA) is 81.1 Å². The zero-order valence-corrected chi connectivity index (χ0v) is 12.9. The van der Waals surface area contributed by atoms with Crippen LogP contribution in [-0.4, -0.2) is 30.4 Å². The number of aryl methyl sites for hydroxylation is 1. The van der Waals surface area contributed by atoms with Crippen LogP contribution in [0.25, 0.3) is 0 Å². The molecule has 1 N–H and O–H groups in total. The molecule has 1 atom stereocenters. The lowest BCUT2D eigenvalue weighted by Gasteiger charge is -2.11. The second kappa shape index (κ2) is 5.69. The minimum atomic E-state index is -3.22. The van der Waals surface area contributed by atoms with Crippen LogP contribution in [0.4, 0.5) is 5.82 Å². The molecular formula is C14H17N3O3S. The van der Waals surface area contributed by atoms with E-state index in [2.05, 4.69) is 10.4 Å². The van der Waals surface area contributed by atoms with Crippen molar-refractivity contribution in [3.05, 3.63) is 42.1 Å². The molecule has 7 heteroatoms. The lowest BCUT2D eigenvalue weighted by molar-refractivity contribution is -0.117. The summed E-state index contributed by atoms with van der Waals surface area (Å²) in [6.45, 7) is 1.76. The van der Waals surface area contributed by atoms with Gasteiger partial charge < -0.3 is 5.32 Å². The van der Waals surface area contributed by atoms with E-state index in [4.69, 9.17) is 0 Å². The van der Waals surface area contributed by atoms with Gasteiger partial charge in [-0.3, -0.25) is 9.48 Å². The summed E-state index contributed by atoms with van der Waals surface area (Å²) in [5.74, 6) is -0.108. The molecule has 0 spiro atoms. The van der Waals surface area contributed by atoms with E-state index < -0.39 is 15.8 Å². The predicted octanol–water partition coefficient (Wildman–Crippen LogP) is 1.57. The van der Waals surface area contributed by atoms with Crippen molar-refractivity contribution in [1.29, 1.82) is 0 Å². The van der Waals surface area contributed by atoms with Crippen molar-refractivity contribution in [2.75, 3.05) is 11.6 Å². The van der Waals surface area contributed by atoms with Gasteiger partial charge in [0.1, 0.15) is 0 Å². The van der Waals surface area contributed by atoms with Crippen molar-refractivity contribution >= 4 is 21.6 Å². The maximum atomic E-state index is 12.1. The van der Waals surface area contributed by atoms with E-state index in [1.54, 1.807) is 43.0 Å². The normalized spacial score (nSPS) is 12.9. The summed E-state index contributed by atoms with van der Waals surface area (Å²) in [6.07, 6.45) is 2.89. The molecule has 0 aliphatic heterocycles. The Morgan fingerprint density at radius 1 is 1.24 bits per heavy atom. The minimum absolute atomic E-state index is 0.194. The molecule has 0 aliphatic rings. The number of sulfone groups is 1. The van der Waals surface area contributed by atoms with Gasteiger partial charge >= 0.3 is 0 Å². The van der Waals surface area contributed by atoms with Crippen LogP contribution in [0, 0.1) is 0 Å². The van der Waals surface area contributed by atoms with Crippen molar-refractivity contribution in [3.63, 3.8) is 0 Å². The highest BCUT2D eigenvalue weighted by atomic mass is 32.2. The fraction of sp³-hybridized carbons (Fsp3) is 0.286. The Balaban J connectivity index is 2.12. The highest BCUT2D eigenvalue weighted by molar-refractivity contribution is 7.90. The SMILES string of the molecule is CC(C(=O)Nc1ccn(C)n1)c1ccc(S(C)(=O)=O)cc1. The number of nitrogens with one attached hydrogen (secondary N) is 1. The van der Waals surface area contributed by atoms with Crippen LogP contribution >= 0.6 is 0 Å². The number of hydrogen-bond donors (Lipinski definition) is 1. The van der Waals surface area contributed by atoms with Crippen molar-refractivity contribution in [3.8, 4) is 0 Å². The molecule has 21 heavy (non-hydrogen) atoms. The molecule has 0 bridgehead atoms. The van der Waals surface area contributed by atoms with Crippen LogP contribution in [0.5, 0.6) is 0 Å². The lowest BCUT2D eigenvalue weighted by atomic mass is 10.0. The largest absolute Gasteiger partial charge is 0.309 e. The third-order valence-electron chi connectivity index (χ3n) is 3.17. The standard InChI is InChI=1S/C14H17N3O3S/c1-10(14(18)15-13-8-9-17(2)16-13)11-4-6-12(7-5-11)21(3,19)20/h4-10H,1-3H3,(H,15,16,18). The van der Waals surface area contributed by atoms with Gasteiger partial charge in [-0.2, -0.15) is 5.10 Å². The van der Waals surface area contributed by atoms with E-state index in [-0.39, 0.29) is 10.8 Å². The first-order chi connectivity index (χ1) is 9.77. The van der Waals surface area contributed by atoms with Crippen molar-refractivity contribution in [1.82, 2.24) is 9.78 Å². The summed E-state index contributed by atoms with van der Waals surface area (Å²) >= 11 is 0. The number of carbonyl (C=O) groups excluding carboxylic acids is 1. The number of benzene rings is 1. The Kier molecular flexibility index (Phi) is 4.13. The maximum absolute atomic E-state index is 12.1. The highest BCUT2D eigenvalue weighted by Crippen LogP contribution is 2.19. The van der Waals surface area contributed by atoms with Crippen LogP contribution in [0.15, 0.2) is 41.4 Å². The van der Waals surface area contributed by atoms with Gasteiger partial charge in [0.15, 0.2) is 15.7 Å². The molecule has 1 aromatic carbocycles. The molecule has 0 fully saturated rings.